The van der Waals surface area contributed by atoms with Crippen LogP contribution in [0.4, 0.5) is 15.2 Å². The molecule has 2 aliphatic heterocycles. The smallest absolute Gasteiger partial charge is 0.191 e. The van der Waals surface area contributed by atoms with Crippen molar-refractivity contribution in [2.75, 3.05) is 49.6 Å². The van der Waals surface area contributed by atoms with E-state index in [4.69, 9.17) is 4.98 Å². The molecule has 2 saturated heterocycles. The zero-order chi connectivity index (χ0) is 20.8. The number of thiazole rings is 1. The average molecular weight is 431 g/mol. The molecule has 6 nitrogen and oxygen atoms in total. The van der Waals surface area contributed by atoms with E-state index in [2.05, 4.69) is 30.8 Å². The molecule has 3 heterocycles. The maximum absolute atomic E-state index is 13.6. The van der Waals surface area contributed by atoms with E-state index in [9.17, 15) is 4.39 Å². The second-order valence-electron chi connectivity index (χ2n) is 7.97. The zero-order valence-corrected chi connectivity index (χ0v) is 18.4. The third kappa shape index (κ3) is 5.41. The first-order valence-electron chi connectivity index (χ1n) is 10.9. The van der Waals surface area contributed by atoms with Crippen LogP contribution in [0.5, 0.6) is 0 Å². The maximum atomic E-state index is 13.6. The highest BCUT2D eigenvalue weighted by atomic mass is 32.1. The van der Waals surface area contributed by atoms with Crippen molar-refractivity contribution in [2.45, 2.75) is 38.1 Å². The molecular formula is C22H31FN6S. The number of guanidine groups is 1. The Morgan fingerprint density at radius 3 is 2.87 bits per heavy atom. The number of nitrogens with zero attached hydrogens (tertiary/aromatic N) is 4. The minimum atomic E-state index is -0.185. The molecule has 0 saturated carbocycles. The molecule has 2 N–H and O–H groups in total. The molecule has 0 amide bonds. The van der Waals surface area contributed by atoms with Crippen molar-refractivity contribution in [3.05, 3.63) is 41.2 Å². The van der Waals surface area contributed by atoms with Crippen molar-refractivity contribution >= 4 is 28.1 Å². The van der Waals surface area contributed by atoms with Crippen LogP contribution in [0.1, 0.15) is 31.4 Å². The van der Waals surface area contributed by atoms with Crippen LogP contribution in [0.2, 0.25) is 0 Å². The van der Waals surface area contributed by atoms with Gasteiger partial charge >= 0.3 is 0 Å². The van der Waals surface area contributed by atoms with E-state index < -0.39 is 0 Å². The molecule has 1 aromatic carbocycles. The molecule has 8 heteroatoms. The largest absolute Gasteiger partial charge is 0.369 e. The topological polar surface area (TPSA) is 55.8 Å². The number of nitrogens with one attached hydrogen (secondary N) is 2. The highest BCUT2D eigenvalue weighted by Gasteiger charge is 2.21. The van der Waals surface area contributed by atoms with Gasteiger partial charge in [0.1, 0.15) is 5.82 Å². The molecule has 2 aliphatic rings. The Bertz CT molecular complexity index is 848. The summed E-state index contributed by atoms with van der Waals surface area (Å²) in [6, 6.07) is 7.14. The lowest BCUT2D eigenvalue weighted by Gasteiger charge is -2.35. The first-order valence-corrected chi connectivity index (χ1v) is 11.8. The Hall–Kier alpha value is -2.35. The Morgan fingerprint density at radius 2 is 2.07 bits per heavy atom. The molecule has 2 fully saturated rings. The third-order valence-corrected chi connectivity index (χ3v) is 6.70. The fourth-order valence-corrected chi connectivity index (χ4v) is 5.08. The monoisotopic (exact) mass is 430 g/mol. The average Bonchev–Trinajstić information content (AvgIpc) is 3.45. The van der Waals surface area contributed by atoms with Crippen LogP contribution in [0.3, 0.4) is 0 Å². The van der Waals surface area contributed by atoms with Crippen LogP contribution in [0.25, 0.3) is 0 Å². The Labute approximate surface area is 182 Å². The minimum Gasteiger partial charge on any atom is -0.369 e. The lowest BCUT2D eigenvalue weighted by atomic mass is 10.0. The van der Waals surface area contributed by atoms with E-state index in [1.165, 1.54) is 18.9 Å². The normalized spacial score (nSPS) is 19.9. The lowest BCUT2D eigenvalue weighted by molar-refractivity contribution is 0.467. The van der Waals surface area contributed by atoms with E-state index >= 15 is 0 Å². The number of hydrogen-bond acceptors (Lipinski definition) is 5. The first kappa shape index (κ1) is 20.9. The predicted octanol–water partition coefficient (Wildman–Crippen LogP) is 3.26. The highest BCUT2D eigenvalue weighted by Crippen LogP contribution is 2.24. The van der Waals surface area contributed by atoms with Gasteiger partial charge in [0.15, 0.2) is 11.1 Å². The van der Waals surface area contributed by atoms with Gasteiger partial charge in [-0.15, -0.1) is 11.3 Å². The minimum absolute atomic E-state index is 0.185. The molecule has 162 valence electrons. The predicted molar refractivity (Wildman–Crippen MR) is 123 cm³/mol. The van der Waals surface area contributed by atoms with Gasteiger partial charge in [0, 0.05) is 63.3 Å². The van der Waals surface area contributed by atoms with Crippen molar-refractivity contribution < 1.29 is 4.39 Å². The van der Waals surface area contributed by atoms with Gasteiger partial charge in [-0.1, -0.05) is 6.07 Å². The summed E-state index contributed by atoms with van der Waals surface area (Å²) in [4.78, 5) is 13.8. The molecule has 0 bridgehead atoms. The molecule has 30 heavy (non-hydrogen) atoms. The molecule has 1 atom stereocenters. The zero-order valence-electron chi connectivity index (χ0n) is 17.6. The van der Waals surface area contributed by atoms with Gasteiger partial charge in [0.25, 0.3) is 0 Å². The summed E-state index contributed by atoms with van der Waals surface area (Å²) in [7, 11) is 1.80. The van der Waals surface area contributed by atoms with Crippen LogP contribution in [-0.2, 0) is 6.42 Å². The summed E-state index contributed by atoms with van der Waals surface area (Å²) in [5.41, 5.74) is 2.08. The van der Waals surface area contributed by atoms with Gasteiger partial charge in [-0.05, 0) is 43.9 Å². The van der Waals surface area contributed by atoms with E-state index in [1.807, 2.05) is 6.07 Å². The third-order valence-electron chi connectivity index (χ3n) is 5.75. The number of anilines is 2. The van der Waals surface area contributed by atoms with Crippen LogP contribution in [0.15, 0.2) is 34.6 Å². The van der Waals surface area contributed by atoms with Crippen LogP contribution in [0, 0.1) is 5.82 Å². The number of piperidine rings is 1. The summed E-state index contributed by atoms with van der Waals surface area (Å²) < 4.78 is 13.6. The van der Waals surface area contributed by atoms with Crippen LogP contribution in [-0.4, -0.2) is 56.8 Å². The maximum Gasteiger partial charge on any atom is 0.191 e. The standard InChI is InChI=1S/C22H31FN6S/c1-24-21(25-10-9-19-16-30-22(27-19)28-11-2-3-12-28)26-18-7-5-13-29(15-18)20-8-4-6-17(23)14-20/h4,6,8,14,16,18H,2-3,5,7,9-13,15H2,1H3,(H2,24,25,26). The second-order valence-corrected chi connectivity index (χ2v) is 8.81. The summed E-state index contributed by atoms with van der Waals surface area (Å²) >= 11 is 1.75. The molecule has 1 aromatic heterocycles. The molecule has 2 aromatic rings. The van der Waals surface area contributed by atoms with Gasteiger partial charge < -0.3 is 20.4 Å². The fourth-order valence-electron chi connectivity index (χ4n) is 4.16. The van der Waals surface area contributed by atoms with E-state index in [0.717, 1.165) is 74.5 Å². The summed E-state index contributed by atoms with van der Waals surface area (Å²) in [5, 5.41) is 10.3. The Balaban J connectivity index is 1.24. The molecule has 0 radical (unpaired) electrons. The number of halogens is 1. The molecule has 0 aliphatic carbocycles. The van der Waals surface area contributed by atoms with Crippen LogP contribution < -0.4 is 20.4 Å². The Kier molecular flexibility index (Phi) is 7.04. The quantitative estimate of drug-likeness (QED) is 0.544. The van der Waals surface area contributed by atoms with Crippen LogP contribution >= 0.6 is 11.3 Å². The van der Waals surface area contributed by atoms with Crippen molar-refractivity contribution in [1.82, 2.24) is 15.6 Å². The van der Waals surface area contributed by atoms with Gasteiger partial charge in [-0.25, -0.2) is 9.37 Å². The second kappa shape index (κ2) is 10.1. The van der Waals surface area contributed by atoms with Crippen molar-refractivity contribution in [3.8, 4) is 0 Å². The molecular weight excluding hydrogens is 399 g/mol. The van der Waals surface area contributed by atoms with Crippen molar-refractivity contribution in [1.29, 1.82) is 0 Å². The van der Waals surface area contributed by atoms with Gasteiger partial charge in [-0.2, -0.15) is 0 Å². The van der Waals surface area contributed by atoms with Gasteiger partial charge in [-0.3, -0.25) is 4.99 Å². The highest BCUT2D eigenvalue weighted by molar-refractivity contribution is 7.13. The SMILES string of the molecule is CN=C(NCCc1csc(N2CCCC2)n1)NC1CCCN(c2cccc(F)c2)C1. The molecule has 0 spiro atoms. The molecule has 1 unspecified atom stereocenters. The fraction of sp³-hybridized carbons (Fsp3) is 0.545. The molecule has 4 rings (SSSR count). The summed E-state index contributed by atoms with van der Waals surface area (Å²) in [6.07, 6.45) is 5.58. The number of rotatable bonds is 6. The van der Waals surface area contributed by atoms with E-state index in [0.29, 0.717) is 0 Å². The number of hydrogen-bond donors (Lipinski definition) is 2. The first-order chi connectivity index (χ1) is 14.7. The van der Waals surface area contributed by atoms with Gasteiger partial charge in [0.2, 0.25) is 0 Å². The number of benzene rings is 1. The Morgan fingerprint density at radius 1 is 1.23 bits per heavy atom. The lowest BCUT2D eigenvalue weighted by Crippen LogP contribution is -2.51. The van der Waals surface area contributed by atoms with Gasteiger partial charge in [0.05, 0.1) is 5.69 Å². The summed E-state index contributed by atoms with van der Waals surface area (Å²) in [5.74, 6) is 0.631. The van der Waals surface area contributed by atoms with E-state index in [1.54, 1.807) is 30.5 Å². The van der Waals surface area contributed by atoms with E-state index in [-0.39, 0.29) is 11.9 Å². The summed E-state index contributed by atoms with van der Waals surface area (Å²) in [6.45, 7) is 4.86. The number of aliphatic imine (C=N–C) groups is 1. The van der Waals surface area contributed by atoms with Crippen molar-refractivity contribution in [2.24, 2.45) is 4.99 Å². The number of aromatic nitrogens is 1. The van der Waals surface area contributed by atoms with Crippen molar-refractivity contribution in [3.63, 3.8) is 0 Å².